The second-order valence-corrected chi connectivity index (χ2v) is 3.94. The average Bonchev–Trinajstić information content (AvgIpc) is 2.82. The molecule has 0 aromatic heterocycles. The molecule has 0 saturated heterocycles. The number of amides is 2. The first-order chi connectivity index (χ1) is 8.20. The molecule has 1 aromatic carbocycles. The predicted molar refractivity (Wildman–Crippen MR) is 63.4 cm³/mol. The van der Waals surface area contributed by atoms with E-state index in [0.717, 1.165) is 18.7 Å². The van der Waals surface area contributed by atoms with Gasteiger partial charge in [-0.05, 0) is 23.3 Å². The number of benzene rings is 1. The molecule has 1 aliphatic rings. The van der Waals surface area contributed by atoms with Crippen molar-refractivity contribution < 1.29 is 9.59 Å². The minimum Gasteiger partial charge on any atom is -0.358 e. The van der Waals surface area contributed by atoms with E-state index in [1.807, 2.05) is 12.1 Å². The van der Waals surface area contributed by atoms with Crippen LogP contribution in [0.3, 0.4) is 0 Å². The molecular weight excluding hydrogens is 218 g/mol. The van der Waals surface area contributed by atoms with Crippen molar-refractivity contribution in [2.45, 2.75) is 13.1 Å². The van der Waals surface area contributed by atoms with E-state index in [2.05, 4.69) is 16.0 Å². The molecule has 1 heterocycles. The summed E-state index contributed by atoms with van der Waals surface area (Å²) in [7, 11) is 1.54. The summed E-state index contributed by atoms with van der Waals surface area (Å²) in [5.74, 6) is -0.426. The largest absolute Gasteiger partial charge is 0.358 e. The quantitative estimate of drug-likeness (QED) is 0.675. The van der Waals surface area contributed by atoms with Crippen LogP contribution < -0.4 is 16.0 Å². The average molecular weight is 233 g/mol. The fourth-order valence-electron chi connectivity index (χ4n) is 1.79. The van der Waals surface area contributed by atoms with E-state index in [4.69, 9.17) is 0 Å². The third kappa shape index (κ3) is 2.62. The highest BCUT2D eigenvalue weighted by molar-refractivity contribution is 5.96. The summed E-state index contributed by atoms with van der Waals surface area (Å²) in [6.07, 6.45) is 0. The lowest BCUT2D eigenvalue weighted by Gasteiger charge is -2.05. The van der Waals surface area contributed by atoms with E-state index in [0.29, 0.717) is 5.56 Å². The summed E-state index contributed by atoms with van der Waals surface area (Å²) in [6, 6.07) is 5.60. The Bertz CT molecular complexity index is 457. The fraction of sp³-hybridized carbons (Fsp3) is 0.333. The lowest BCUT2D eigenvalue weighted by molar-refractivity contribution is -0.119. The second kappa shape index (κ2) is 4.97. The molecule has 0 spiro atoms. The minimum atomic E-state index is -0.219. The maximum absolute atomic E-state index is 11.8. The van der Waals surface area contributed by atoms with Gasteiger partial charge in [-0.25, -0.2) is 0 Å². The van der Waals surface area contributed by atoms with Gasteiger partial charge in [-0.2, -0.15) is 0 Å². The number of carbonyl (C=O) groups is 2. The van der Waals surface area contributed by atoms with E-state index in [-0.39, 0.29) is 18.4 Å². The van der Waals surface area contributed by atoms with Gasteiger partial charge in [0.15, 0.2) is 0 Å². The van der Waals surface area contributed by atoms with Crippen molar-refractivity contribution in [3.63, 3.8) is 0 Å². The van der Waals surface area contributed by atoms with E-state index < -0.39 is 0 Å². The summed E-state index contributed by atoms with van der Waals surface area (Å²) in [4.78, 5) is 22.8. The highest BCUT2D eigenvalue weighted by Gasteiger charge is 2.13. The number of rotatable bonds is 3. The van der Waals surface area contributed by atoms with Crippen molar-refractivity contribution in [2.24, 2.45) is 0 Å². The van der Waals surface area contributed by atoms with Gasteiger partial charge in [0, 0.05) is 25.7 Å². The Hall–Kier alpha value is -1.88. The first kappa shape index (κ1) is 11.6. The van der Waals surface area contributed by atoms with Crippen molar-refractivity contribution >= 4 is 11.8 Å². The van der Waals surface area contributed by atoms with E-state index in [1.165, 1.54) is 12.6 Å². The standard InChI is InChI=1S/C12H15N3O2/c1-13-11(16)7-15-12(17)8-2-3-9-5-14-6-10(9)4-8/h2-4,14H,5-7H2,1H3,(H,13,16)(H,15,17). The van der Waals surface area contributed by atoms with Gasteiger partial charge in [0.05, 0.1) is 6.54 Å². The first-order valence-corrected chi connectivity index (χ1v) is 5.52. The van der Waals surface area contributed by atoms with Crippen LogP contribution in [0.25, 0.3) is 0 Å². The highest BCUT2D eigenvalue weighted by Crippen LogP contribution is 2.16. The Labute approximate surface area is 99.6 Å². The third-order valence-corrected chi connectivity index (χ3v) is 2.79. The number of hydrogen-bond acceptors (Lipinski definition) is 3. The Morgan fingerprint density at radius 2 is 2.06 bits per heavy atom. The molecule has 1 aliphatic heterocycles. The van der Waals surface area contributed by atoms with E-state index in [9.17, 15) is 9.59 Å². The second-order valence-electron chi connectivity index (χ2n) is 3.94. The molecule has 0 atom stereocenters. The maximum atomic E-state index is 11.8. The van der Waals surface area contributed by atoms with E-state index in [1.54, 1.807) is 6.07 Å². The molecule has 5 nitrogen and oxygen atoms in total. The minimum absolute atomic E-state index is 0.00463. The lowest BCUT2D eigenvalue weighted by atomic mass is 10.1. The number of likely N-dealkylation sites (N-methyl/N-ethyl adjacent to an activating group) is 1. The van der Waals surface area contributed by atoms with Gasteiger partial charge < -0.3 is 16.0 Å². The molecule has 0 aliphatic carbocycles. The molecule has 90 valence electrons. The van der Waals surface area contributed by atoms with Gasteiger partial charge in [0.25, 0.3) is 5.91 Å². The third-order valence-electron chi connectivity index (χ3n) is 2.79. The Balaban J connectivity index is 2.02. The molecule has 3 N–H and O–H groups in total. The van der Waals surface area contributed by atoms with Gasteiger partial charge in [0.1, 0.15) is 0 Å². The van der Waals surface area contributed by atoms with Crippen molar-refractivity contribution in [2.75, 3.05) is 13.6 Å². The normalized spacial score (nSPS) is 13.0. The molecule has 17 heavy (non-hydrogen) atoms. The molecule has 0 unspecified atom stereocenters. The summed E-state index contributed by atoms with van der Waals surface area (Å²) in [5.41, 5.74) is 2.97. The molecule has 2 rings (SSSR count). The molecule has 2 amide bonds. The van der Waals surface area contributed by atoms with Crippen molar-refractivity contribution in [3.05, 3.63) is 34.9 Å². The molecule has 0 bridgehead atoms. The van der Waals surface area contributed by atoms with Crippen molar-refractivity contribution in [3.8, 4) is 0 Å². The van der Waals surface area contributed by atoms with Crippen molar-refractivity contribution in [1.82, 2.24) is 16.0 Å². The van der Waals surface area contributed by atoms with Gasteiger partial charge in [-0.3, -0.25) is 9.59 Å². The Morgan fingerprint density at radius 1 is 1.29 bits per heavy atom. The highest BCUT2D eigenvalue weighted by atomic mass is 16.2. The van der Waals surface area contributed by atoms with Crippen molar-refractivity contribution in [1.29, 1.82) is 0 Å². The first-order valence-electron chi connectivity index (χ1n) is 5.52. The van der Waals surface area contributed by atoms with Gasteiger partial charge in [0.2, 0.25) is 5.91 Å². The number of fused-ring (bicyclic) bond motifs is 1. The number of nitrogens with one attached hydrogen (secondary N) is 3. The monoisotopic (exact) mass is 233 g/mol. The summed E-state index contributed by atoms with van der Waals surface area (Å²) >= 11 is 0. The molecule has 0 fully saturated rings. The fourth-order valence-corrected chi connectivity index (χ4v) is 1.79. The SMILES string of the molecule is CNC(=O)CNC(=O)c1ccc2c(c1)CNC2. The number of hydrogen-bond donors (Lipinski definition) is 3. The Morgan fingerprint density at radius 3 is 2.82 bits per heavy atom. The van der Waals surface area contributed by atoms with Gasteiger partial charge >= 0.3 is 0 Å². The van der Waals surface area contributed by atoms with Crippen LogP contribution in [-0.2, 0) is 17.9 Å². The van der Waals surface area contributed by atoms with Gasteiger partial charge in [-0.15, -0.1) is 0 Å². The molecule has 5 heteroatoms. The summed E-state index contributed by atoms with van der Waals surface area (Å²) in [5, 5.41) is 8.24. The smallest absolute Gasteiger partial charge is 0.251 e. The summed E-state index contributed by atoms with van der Waals surface area (Å²) < 4.78 is 0. The van der Waals surface area contributed by atoms with Crippen LogP contribution in [0.15, 0.2) is 18.2 Å². The maximum Gasteiger partial charge on any atom is 0.251 e. The lowest BCUT2D eigenvalue weighted by Crippen LogP contribution is -2.35. The zero-order valence-corrected chi connectivity index (χ0v) is 9.67. The number of carbonyl (C=O) groups excluding carboxylic acids is 2. The molecule has 1 aromatic rings. The molecule has 0 radical (unpaired) electrons. The summed E-state index contributed by atoms with van der Waals surface area (Å²) in [6.45, 7) is 1.66. The van der Waals surface area contributed by atoms with E-state index >= 15 is 0 Å². The predicted octanol–water partition coefficient (Wildman–Crippen LogP) is -0.234. The van der Waals surface area contributed by atoms with Crippen LogP contribution in [-0.4, -0.2) is 25.4 Å². The van der Waals surface area contributed by atoms with Crippen LogP contribution in [0.1, 0.15) is 21.5 Å². The van der Waals surface area contributed by atoms with Crippen LogP contribution in [0.4, 0.5) is 0 Å². The topological polar surface area (TPSA) is 70.2 Å². The zero-order chi connectivity index (χ0) is 12.3. The van der Waals surface area contributed by atoms with Crippen LogP contribution in [0.5, 0.6) is 0 Å². The zero-order valence-electron chi connectivity index (χ0n) is 9.67. The molecular formula is C12H15N3O2. The van der Waals surface area contributed by atoms with Gasteiger partial charge in [-0.1, -0.05) is 6.07 Å². The van der Waals surface area contributed by atoms with Crippen LogP contribution in [0, 0.1) is 0 Å². The molecule has 0 saturated carbocycles. The van der Waals surface area contributed by atoms with Crippen LogP contribution in [0.2, 0.25) is 0 Å². The Kier molecular flexibility index (Phi) is 3.39. The van der Waals surface area contributed by atoms with Crippen LogP contribution >= 0.6 is 0 Å².